The third kappa shape index (κ3) is 7.51. The van der Waals surface area contributed by atoms with E-state index in [4.69, 9.17) is 0 Å². The van der Waals surface area contributed by atoms with Crippen LogP contribution in [0.3, 0.4) is 0 Å². The molecule has 148 valence electrons. The minimum Gasteiger partial charge on any atom is -0.352 e. The molecule has 0 aromatic heterocycles. The van der Waals surface area contributed by atoms with Gasteiger partial charge in [0.2, 0.25) is 5.91 Å². The molecule has 0 heterocycles. The highest BCUT2D eigenvalue weighted by molar-refractivity contribution is 5.95. The molecule has 1 saturated carbocycles. The van der Waals surface area contributed by atoms with Gasteiger partial charge in [0.1, 0.15) is 6.29 Å². The number of amides is 2. The first-order valence-corrected chi connectivity index (χ1v) is 9.64. The number of hydrogen-bond acceptors (Lipinski definition) is 4. The molecular formula is C21H31N3O3. The molecule has 0 unspecified atom stereocenters. The van der Waals surface area contributed by atoms with Crippen LogP contribution in [0, 0.1) is 5.92 Å². The summed E-state index contributed by atoms with van der Waals surface area (Å²) in [6, 6.07) is 7.06. The van der Waals surface area contributed by atoms with Crippen molar-refractivity contribution in [3.05, 3.63) is 35.4 Å². The smallest absolute Gasteiger partial charge is 0.251 e. The molecule has 0 bridgehead atoms. The van der Waals surface area contributed by atoms with Crippen molar-refractivity contribution in [2.24, 2.45) is 5.92 Å². The lowest BCUT2D eigenvalue weighted by molar-refractivity contribution is -0.121. The quantitative estimate of drug-likeness (QED) is 0.640. The van der Waals surface area contributed by atoms with Crippen molar-refractivity contribution in [3.63, 3.8) is 0 Å². The predicted molar refractivity (Wildman–Crippen MR) is 106 cm³/mol. The van der Waals surface area contributed by atoms with E-state index in [1.54, 1.807) is 24.3 Å². The number of nitrogens with one attached hydrogen (secondary N) is 3. The average molecular weight is 373 g/mol. The zero-order valence-electron chi connectivity index (χ0n) is 16.5. The van der Waals surface area contributed by atoms with Crippen LogP contribution in [0.1, 0.15) is 67.2 Å². The Morgan fingerprint density at radius 2 is 1.85 bits per heavy atom. The summed E-state index contributed by atoms with van der Waals surface area (Å²) in [5.41, 5.74) is 0.810. The first kappa shape index (κ1) is 21.1. The zero-order chi connectivity index (χ0) is 19.9. The van der Waals surface area contributed by atoms with Gasteiger partial charge in [-0.25, -0.2) is 0 Å². The number of carbonyl (C=O) groups is 3. The van der Waals surface area contributed by atoms with Crippen molar-refractivity contribution >= 4 is 18.1 Å². The molecule has 3 N–H and O–H groups in total. The molecule has 0 spiro atoms. The Morgan fingerprint density at radius 3 is 2.48 bits per heavy atom. The lowest BCUT2D eigenvalue weighted by Gasteiger charge is -2.29. The van der Waals surface area contributed by atoms with Crippen molar-refractivity contribution in [3.8, 4) is 0 Å². The van der Waals surface area contributed by atoms with Gasteiger partial charge >= 0.3 is 0 Å². The highest BCUT2D eigenvalue weighted by atomic mass is 16.2. The molecule has 0 aliphatic heterocycles. The zero-order valence-corrected chi connectivity index (χ0v) is 16.5. The number of benzene rings is 1. The van der Waals surface area contributed by atoms with E-state index in [2.05, 4.69) is 16.0 Å². The monoisotopic (exact) mass is 373 g/mol. The maximum absolute atomic E-state index is 12.2. The first-order chi connectivity index (χ1) is 12.8. The van der Waals surface area contributed by atoms with Gasteiger partial charge in [0.15, 0.2) is 0 Å². The van der Waals surface area contributed by atoms with Gasteiger partial charge in [-0.05, 0) is 64.5 Å². The van der Waals surface area contributed by atoms with Crippen LogP contribution >= 0.6 is 0 Å². The molecule has 1 aromatic carbocycles. The average Bonchev–Trinajstić information content (AvgIpc) is 2.64. The standard InChI is InChI=1S/C21H31N3O3/c1-21(2,3)24-19(26)13-22-18-9-7-15(8-10-18)12-23-20(27)17-6-4-5-16(11-17)14-25/h4-6,11,14-15,18,22H,7-10,12-13H2,1-3H3,(H,23,27)(H,24,26). The van der Waals surface area contributed by atoms with E-state index in [0.29, 0.717) is 36.2 Å². The van der Waals surface area contributed by atoms with Gasteiger partial charge in [0.05, 0.1) is 6.54 Å². The molecular weight excluding hydrogens is 342 g/mol. The van der Waals surface area contributed by atoms with Crippen LogP contribution < -0.4 is 16.0 Å². The summed E-state index contributed by atoms with van der Waals surface area (Å²) >= 11 is 0. The molecule has 1 aliphatic rings. The Kier molecular flexibility index (Phi) is 7.54. The number of carbonyl (C=O) groups excluding carboxylic acids is 3. The van der Waals surface area contributed by atoms with Crippen molar-refractivity contribution in [2.75, 3.05) is 13.1 Å². The van der Waals surface area contributed by atoms with Gasteiger partial charge in [0.25, 0.3) is 5.91 Å². The second kappa shape index (κ2) is 9.65. The van der Waals surface area contributed by atoms with Crippen LogP contribution in [-0.4, -0.2) is 42.8 Å². The van der Waals surface area contributed by atoms with Gasteiger partial charge in [-0.3, -0.25) is 14.4 Å². The summed E-state index contributed by atoms with van der Waals surface area (Å²) in [7, 11) is 0. The Morgan fingerprint density at radius 1 is 1.15 bits per heavy atom. The third-order valence-corrected chi connectivity index (χ3v) is 4.75. The molecule has 1 fully saturated rings. The number of hydrogen-bond donors (Lipinski definition) is 3. The summed E-state index contributed by atoms with van der Waals surface area (Å²) in [6.45, 7) is 6.90. The van der Waals surface area contributed by atoms with Gasteiger partial charge in [-0.2, -0.15) is 0 Å². The van der Waals surface area contributed by atoms with Gasteiger partial charge < -0.3 is 16.0 Å². The second-order valence-corrected chi connectivity index (χ2v) is 8.35. The predicted octanol–water partition coefficient (Wildman–Crippen LogP) is 2.29. The van der Waals surface area contributed by atoms with E-state index in [1.807, 2.05) is 20.8 Å². The summed E-state index contributed by atoms with van der Waals surface area (Å²) in [6.07, 6.45) is 4.79. The van der Waals surface area contributed by atoms with Crippen LogP contribution in [0.25, 0.3) is 0 Å². The fourth-order valence-corrected chi connectivity index (χ4v) is 3.36. The number of aldehydes is 1. The maximum Gasteiger partial charge on any atom is 0.251 e. The highest BCUT2D eigenvalue weighted by Crippen LogP contribution is 2.23. The van der Waals surface area contributed by atoms with Crippen LogP contribution in [0.2, 0.25) is 0 Å². The lowest BCUT2D eigenvalue weighted by atomic mass is 9.86. The van der Waals surface area contributed by atoms with Gasteiger partial charge in [0, 0.05) is 29.3 Å². The molecule has 2 amide bonds. The Hall–Kier alpha value is -2.21. The second-order valence-electron chi connectivity index (χ2n) is 8.35. The van der Waals surface area contributed by atoms with E-state index >= 15 is 0 Å². The van der Waals surface area contributed by atoms with E-state index in [1.165, 1.54) is 0 Å². The van der Waals surface area contributed by atoms with Gasteiger partial charge in [-0.15, -0.1) is 0 Å². The molecule has 27 heavy (non-hydrogen) atoms. The minimum absolute atomic E-state index is 0.0226. The van der Waals surface area contributed by atoms with Crippen molar-refractivity contribution in [1.82, 2.24) is 16.0 Å². The molecule has 0 saturated heterocycles. The minimum atomic E-state index is -0.208. The lowest BCUT2D eigenvalue weighted by Crippen LogP contribution is -2.47. The van der Waals surface area contributed by atoms with E-state index < -0.39 is 0 Å². The van der Waals surface area contributed by atoms with Crippen LogP contribution in [-0.2, 0) is 4.79 Å². The molecule has 0 atom stereocenters. The molecule has 2 rings (SSSR count). The Balaban J connectivity index is 1.68. The van der Waals surface area contributed by atoms with Crippen molar-refractivity contribution in [2.45, 2.75) is 58.0 Å². The third-order valence-electron chi connectivity index (χ3n) is 4.75. The Bertz CT molecular complexity index is 659. The van der Waals surface area contributed by atoms with E-state index in [9.17, 15) is 14.4 Å². The van der Waals surface area contributed by atoms with Crippen LogP contribution in [0.5, 0.6) is 0 Å². The van der Waals surface area contributed by atoms with Crippen LogP contribution in [0.4, 0.5) is 0 Å². The molecule has 0 radical (unpaired) electrons. The van der Waals surface area contributed by atoms with Gasteiger partial charge in [-0.1, -0.05) is 12.1 Å². The van der Waals surface area contributed by atoms with Crippen molar-refractivity contribution in [1.29, 1.82) is 0 Å². The molecule has 6 heteroatoms. The Labute approximate surface area is 161 Å². The summed E-state index contributed by atoms with van der Waals surface area (Å²) < 4.78 is 0. The molecule has 6 nitrogen and oxygen atoms in total. The molecule has 1 aromatic rings. The topological polar surface area (TPSA) is 87.3 Å². The fraction of sp³-hybridized carbons (Fsp3) is 0.571. The largest absolute Gasteiger partial charge is 0.352 e. The van der Waals surface area contributed by atoms with E-state index in [0.717, 1.165) is 32.0 Å². The van der Waals surface area contributed by atoms with Crippen molar-refractivity contribution < 1.29 is 14.4 Å². The fourth-order valence-electron chi connectivity index (χ4n) is 3.36. The van der Waals surface area contributed by atoms with E-state index in [-0.39, 0.29) is 17.4 Å². The highest BCUT2D eigenvalue weighted by Gasteiger charge is 2.22. The number of rotatable bonds is 7. The first-order valence-electron chi connectivity index (χ1n) is 9.64. The maximum atomic E-state index is 12.2. The summed E-state index contributed by atoms with van der Waals surface area (Å²) in [5, 5.41) is 9.26. The van der Waals surface area contributed by atoms with Crippen LogP contribution in [0.15, 0.2) is 24.3 Å². The summed E-state index contributed by atoms with van der Waals surface area (Å²) in [5.74, 6) is 0.330. The summed E-state index contributed by atoms with van der Waals surface area (Å²) in [4.78, 5) is 34.9. The molecule has 1 aliphatic carbocycles. The normalized spacial score (nSPS) is 20.0. The SMILES string of the molecule is CC(C)(C)NC(=O)CNC1CCC(CNC(=O)c2cccc(C=O)c2)CC1.